The molecule has 2 aromatic carbocycles. The lowest BCUT2D eigenvalue weighted by molar-refractivity contribution is -0.144. The zero-order valence-electron chi connectivity index (χ0n) is 17.3. The number of hydrogen-bond acceptors (Lipinski definition) is 6. The molecule has 0 spiro atoms. The average molecular weight is 509 g/mol. The van der Waals surface area contributed by atoms with E-state index in [-0.39, 0.29) is 23.7 Å². The predicted molar refractivity (Wildman–Crippen MR) is 122 cm³/mol. The van der Waals surface area contributed by atoms with Gasteiger partial charge >= 0.3 is 5.97 Å². The van der Waals surface area contributed by atoms with Gasteiger partial charge < -0.3 is 10.5 Å². The lowest BCUT2D eigenvalue weighted by Crippen LogP contribution is -2.31. The fraction of sp³-hybridized carbons (Fsp3) is 0.273. The molecule has 9 heteroatoms. The number of carbonyl (C=O) groups is 2. The van der Waals surface area contributed by atoms with Crippen molar-refractivity contribution in [3.63, 3.8) is 0 Å². The van der Waals surface area contributed by atoms with Crippen molar-refractivity contribution in [2.75, 3.05) is 6.61 Å². The topological polar surface area (TPSA) is 116 Å². The minimum atomic E-state index is -3.91. The summed E-state index contributed by atoms with van der Waals surface area (Å²) in [7, 11) is -3.91. The monoisotopic (exact) mass is 508 g/mol. The predicted octanol–water partition coefficient (Wildman–Crippen LogP) is 3.40. The van der Waals surface area contributed by atoms with E-state index < -0.39 is 22.0 Å². The first-order valence-electron chi connectivity index (χ1n) is 9.53. The van der Waals surface area contributed by atoms with Crippen molar-refractivity contribution in [2.45, 2.75) is 37.8 Å². The summed E-state index contributed by atoms with van der Waals surface area (Å²) in [4.78, 5) is 23.1. The number of benzene rings is 2. The summed E-state index contributed by atoms with van der Waals surface area (Å²) in [6.45, 7) is 3.17. The van der Waals surface area contributed by atoms with Crippen molar-refractivity contribution in [1.82, 2.24) is 4.72 Å². The molecule has 0 saturated carbocycles. The van der Waals surface area contributed by atoms with Gasteiger partial charge in [0, 0.05) is 11.0 Å². The van der Waals surface area contributed by atoms with E-state index in [1.54, 1.807) is 43.3 Å². The van der Waals surface area contributed by atoms with Gasteiger partial charge in [-0.3, -0.25) is 9.59 Å². The number of esters is 1. The molecule has 3 N–H and O–H groups in total. The Hall–Kier alpha value is -2.33. The Bertz CT molecular complexity index is 1070. The van der Waals surface area contributed by atoms with Crippen LogP contribution in [0.25, 0.3) is 0 Å². The summed E-state index contributed by atoms with van der Waals surface area (Å²) in [5, 5.41) is 0. The van der Waals surface area contributed by atoms with Crippen LogP contribution in [0.4, 0.5) is 0 Å². The maximum Gasteiger partial charge on any atom is 0.313 e. The Kier molecular flexibility index (Phi) is 9.12. The third kappa shape index (κ3) is 7.10. The number of hydrogen-bond donors (Lipinski definition) is 2. The Morgan fingerprint density at radius 2 is 1.81 bits per heavy atom. The molecule has 0 amide bonds. The lowest BCUT2D eigenvalue weighted by atomic mass is 10.00. The molecule has 0 aliphatic carbocycles. The van der Waals surface area contributed by atoms with Crippen molar-refractivity contribution in [3.05, 3.63) is 75.8 Å². The zero-order valence-corrected chi connectivity index (χ0v) is 19.7. The van der Waals surface area contributed by atoms with Gasteiger partial charge in [-0.1, -0.05) is 52.3 Å². The third-order valence-electron chi connectivity index (χ3n) is 4.49. The van der Waals surface area contributed by atoms with Crippen molar-refractivity contribution >= 4 is 37.7 Å². The molecule has 7 nitrogen and oxygen atoms in total. The van der Waals surface area contributed by atoms with Crippen LogP contribution in [-0.4, -0.2) is 26.8 Å². The molecule has 0 radical (unpaired) electrons. The Morgan fingerprint density at radius 1 is 1.16 bits per heavy atom. The number of sulfonamides is 1. The molecule has 2 rings (SSSR count). The van der Waals surface area contributed by atoms with Crippen LogP contribution >= 0.6 is 15.9 Å². The molecule has 31 heavy (non-hydrogen) atoms. The minimum Gasteiger partial charge on any atom is -0.461 e. The van der Waals surface area contributed by atoms with Crippen LogP contribution in [0.2, 0.25) is 0 Å². The molecule has 0 aromatic heterocycles. The van der Waals surface area contributed by atoms with E-state index in [0.717, 1.165) is 5.56 Å². The summed E-state index contributed by atoms with van der Waals surface area (Å²) in [5.74, 6) is -0.978. The highest BCUT2D eigenvalue weighted by atomic mass is 79.9. The summed E-state index contributed by atoms with van der Waals surface area (Å²) >= 11 is 3.46. The number of allylic oxidation sites excluding steroid dienone is 1. The summed E-state index contributed by atoms with van der Waals surface area (Å²) in [6.07, 6.45) is 1.35. The average Bonchev–Trinajstić information content (AvgIpc) is 2.73. The van der Waals surface area contributed by atoms with Crippen LogP contribution in [0.3, 0.4) is 0 Å². The second-order valence-corrected chi connectivity index (χ2v) is 9.40. The fourth-order valence-electron chi connectivity index (χ4n) is 2.83. The second-order valence-electron chi connectivity index (χ2n) is 6.83. The highest BCUT2D eigenvalue weighted by molar-refractivity contribution is 9.10. The largest absolute Gasteiger partial charge is 0.461 e. The number of rotatable bonds is 10. The van der Waals surface area contributed by atoms with E-state index in [4.69, 9.17) is 10.5 Å². The van der Waals surface area contributed by atoms with Gasteiger partial charge in [-0.2, -0.15) is 4.72 Å². The van der Waals surface area contributed by atoms with Crippen molar-refractivity contribution in [2.24, 2.45) is 5.73 Å². The van der Waals surface area contributed by atoms with E-state index in [0.29, 0.717) is 22.2 Å². The van der Waals surface area contributed by atoms with E-state index in [9.17, 15) is 18.0 Å². The Morgan fingerprint density at radius 3 is 2.35 bits per heavy atom. The van der Waals surface area contributed by atoms with Crippen molar-refractivity contribution in [3.8, 4) is 0 Å². The zero-order chi connectivity index (χ0) is 23.0. The first-order chi connectivity index (χ1) is 14.7. The Labute approximate surface area is 190 Å². The van der Waals surface area contributed by atoms with Crippen LogP contribution in [0.5, 0.6) is 0 Å². The molecular formula is C22H25BrN2O5S. The molecule has 0 saturated heterocycles. The maximum absolute atomic E-state index is 13.1. The van der Waals surface area contributed by atoms with Crippen molar-refractivity contribution < 1.29 is 22.7 Å². The van der Waals surface area contributed by atoms with E-state index in [1.807, 2.05) is 6.07 Å². The summed E-state index contributed by atoms with van der Waals surface area (Å²) in [6, 6.07) is 12.7. The van der Waals surface area contributed by atoms with Gasteiger partial charge in [0.2, 0.25) is 10.0 Å². The van der Waals surface area contributed by atoms with Gasteiger partial charge in [0.15, 0.2) is 0 Å². The highest BCUT2D eigenvalue weighted by Gasteiger charge is 2.26. The maximum atomic E-state index is 13.1. The number of ketones is 1. The smallest absolute Gasteiger partial charge is 0.313 e. The van der Waals surface area contributed by atoms with Crippen LogP contribution in [0, 0.1) is 0 Å². The number of carbonyl (C=O) groups excluding carboxylic acids is 2. The molecule has 0 aliphatic rings. The molecule has 0 heterocycles. The van der Waals surface area contributed by atoms with E-state index in [2.05, 4.69) is 20.7 Å². The normalized spacial score (nSPS) is 13.0. The highest BCUT2D eigenvalue weighted by Crippen LogP contribution is 2.30. The van der Waals surface area contributed by atoms with Gasteiger partial charge in [-0.25, -0.2) is 8.42 Å². The van der Waals surface area contributed by atoms with Gasteiger partial charge in [-0.05, 0) is 48.7 Å². The summed E-state index contributed by atoms with van der Waals surface area (Å²) in [5.41, 5.74) is 7.57. The third-order valence-corrected chi connectivity index (χ3v) is 6.65. The number of halogens is 1. The van der Waals surface area contributed by atoms with Gasteiger partial charge in [0.1, 0.15) is 18.8 Å². The molecule has 1 unspecified atom stereocenters. The van der Waals surface area contributed by atoms with Gasteiger partial charge in [-0.15, -0.1) is 0 Å². The molecule has 0 aliphatic heterocycles. The number of Topliss-reactive ketones (excluding diaryl/α,β-unsaturated/α-hetero) is 1. The molecular weight excluding hydrogens is 484 g/mol. The van der Waals surface area contributed by atoms with Crippen LogP contribution in [0.15, 0.2) is 69.5 Å². The second kappa shape index (κ2) is 11.3. The van der Waals surface area contributed by atoms with Gasteiger partial charge in [0.25, 0.3) is 0 Å². The molecule has 0 fully saturated rings. The van der Waals surface area contributed by atoms with Crippen LogP contribution in [0.1, 0.15) is 37.4 Å². The number of nitrogens with one attached hydrogen (secondary N) is 1. The molecule has 2 aromatic rings. The standard InChI is InChI=1S/C22H25BrN2O5S/c1-3-17(14-30-21(27)12-15(2)26)22(19-6-4-5-7-20(19)23)25-31(28,29)18-10-8-16(13-24)9-11-18/h3-11,22,25H,12-14,24H2,1-2H3. The molecule has 166 valence electrons. The van der Waals surface area contributed by atoms with E-state index >= 15 is 0 Å². The number of ether oxygens (including phenoxy) is 1. The molecule has 0 bridgehead atoms. The van der Waals surface area contributed by atoms with Crippen LogP contribution in [-0.2, 0) is 30.9 Å². The number of nitrogens with two attached hydrogens (primary N) is 1. The summed E-state index contributed by atoms with van der Waals surface area (Å²) < 4.78 is 34.8. The quantitative estimate of drug-likeness (QED) is 0.288. The van der Waals surface area contributed by atoms with E-state index in [1.165, 1.54) is 19.1 Å². The fourth-order valence-corrected chi connectivity index (χ4v) is 4.56. The SMILES string of the molecule is CC=C(COC(=O)CC(C)=O)C(NS(=O)(=O)c1ccc(CN)cc1)c1ccccc1Br. The van der Waals surface area contributed by atoms with Crippen molar-refractivity contribution in [1.29, 1.82) is 0 Å². The first-order valence-corrected chi connectivity index (χ1v) is 11.8. The minimum absolute atomic E-state index is 0.0887. The van der Waals surface area contributed by atoms with Crippen LogP contribution < -0.4 is 10.5 Å². The Balaban J connectivity index is 2.37. The lowest BCUT2D eigenvalue weighted by Gasteiger charge is -2.23. The van der Waals surface area contributed by atoms with Gasteiger partial charge in [0.05, 0.1) is 10.9 Å². The molecule has 1 atom stereocenters. The first kappa shape index (κ1) is 24.9.